The monoisotopic (exact) mass is 287 g/mol. The first kappa shape index (κ1) is 13.3. The Balaban J connectivity index is 2.00. The van der Waals surface area contributed by atoms with Crippen molar-refractivity contribution in [3.05, 3.63) is 29.8 Å². The normalized spacial score (nSPS) is 23.7. The molecule has 7 nitrogen and oxygen atoms in total. The van der Waals surface area contributed by atoms with Gasteiger partial charge in [-0.1, -0.05) is 18.2 Å². The molecule has 1 aromatic carbocycles. The largest absolute Gasteiger partial charge is 0.464 e. The number of benzene rings is 1. The topological polar surface area (TPSA) is 88.1 Å². The number of hydrogen-bond donors (Lipinski definition) is 1. The van der Waals surface area contributed by atoms with Crippen molar-refractivity contribution in [2.45, 2.75) is 13.0 Å². The molecule has 2 heterocycles. The highest BCUT2D eigenvalue weighted by atomic mass is 16.5. The molecule has 1 aromatic rings. The molecule has 0 bridgehead atoms. The van der Waals surface area contributed by atoms with Crippen LogP contribution in [0.3, 0.4) is 0 Å². The molecule has 0 spiro atoms. The van der Waals surface area contributed by atoms with E-state index in [0.717, 1.165) is 10.5 Å². The van der Waals surface area contributed by atoms with Crippen LogP contribution in [0.25, 0.3) is 0 Å². The number of aryl methyl sites for hydroxylation is 1. The molecule has 2 aliphatic heterocycles. The van der Waals surface area contributed by atoms with E-state index in [1.165, 1.54) is 7.11 Å². The minimum Gasteiger partial charge on any atom is -0.464 e. The summed E-state index contributed by atoms with van der Waals surface area (Å²) in [6, 6.07) is 6.24. The van der Waals surface area contributed by atoms with Gasteiger partial charge in [-0.3, -0.25) is 15.0 Å². The molecule has 0 radical (unpaired) electrons. The molecule has 2 atom stereocenters. The van der Waals surface area contributed by atoms with E-state index in [1.807, 2.05) is 19.1 Å². The molecule has 3 rings (SSSR count). The number of hydrazone groups is 1. The number of esters is 1. The van der Waals surface area contributed by atoms with E-state index in [-0.39, 0.29) is 5.71 Å². The fourth-order valence-corrected chi connectivity index (χ4v) is 2.61. The molecule has 0 aromatic heterocycles. The Kier molecular flexibility index (Phi) is 2.97. The van der Waals surface area contributed by atoms with Crippen LogP contribution in [0.2, 0.25) is 0 Å². The van der Waals surface area contributed by atoms with Gasteiger partial charge in [-0.15, -0.1) is 0 Å². The molecule has 0 aliphatic carbocycles. The molecular formula is C14H13N3O4. The number of rotatable bonds is 2. The first-order valence-corrected chi connectivity index (χ1v) is 6.41. The molecule has 0 unspecified atom stereocenters. The minimum atomic E-state index is -0.926. The summed E-state index contributed by atoms with van der Waals surface area (Å²) in [5, 5.41) is 3.77. The average molecular weight is 287 g/mol. The lowest BCUT2D eigenvalue weighted by molar-refractivity contribution is -0.133. The summed E-state index contributed by atoms with van der Waals surface area (Å²) >= 11 is 0. The lowest BCUT2D eigenvalue weighted by atomic mass is 9.99. The second-order valence-corrected chi connectivity index (χ2v) is 4.87. The molecule has 21 heavy (non-hydrogen) atoms. The van der Waals surface area contributed by atoms with Crippen molar-refractivity contribution in [1.82, 2.24) is 5.43 Å². The Morgan fingerprint density at radius 3 is 2.67 bits per heavy atom. The van der Waals surface area contributed by atoms with Crippen LogP contribution < -0.4 is 10.3 Å². The number of amides is 2. The van der Waals surface area contributed by atoms with E-state index in [1.54, 1.807) is 12.1 Å². The summed E-state index contributed by atoms with van der Waals surface area (Å²) in [6.45, 7) is 1.81. The third-order valence-electron chi connectivity index (χ3n) is 3.68. The number of para-hydroxylation sites is 1. The number of ether oxygens (including phenoxy) is 1. The number of carbonyl (C=O) groups is 3. The van der Waals surface area contributed by atoms with Crippen molar-refractivity contribution >= 4 is 29.2 Å². The van der Waals surface area contributed by atoms with Gasteiger partial charge in [0.05, 0.1) is 12.8 Å². The van der Waals surface area contributed by atoms with Gasteiger partial charge in [-0.05, 0) is 18.6 Å². The first-order chi connectivity index (χ1) is 10.1. The van der Waals surface area contributed by atoms with Gasteiger partial charge in [0.25, 0.3) is 5.91 Å². The summed E-state index contributed by atoms with van der Waals surface area (Å²) in [4.78, 5) is 37.7. The Morgan fingerprint density at radius 1 is 1.29 bits per heavy atom. The van der Waals surface area contributed by atoms with Gasteiger partial charge in [-0.2, -0.15) is 5.10 Å². The highest BCUT2D eigenvalue weighted by molar-refractivity contribution is 6.46. The lowest BCUT2D eigenvalue weighted by Gasteiger charge is -2.17. The van der Waals surface area contributed by atoms with E-state index in [2.05, 4.69) is 15.3 Å². The second-order valence-electron chi connectivity index (χ2n) is 4.87. The third kappa shape index (κ3) is 1.81. The van der Waals surface area contributed by atoms with E-state index >= 15 is 0 Å². The molecule has 2 amide bonds. The van der Waals surface area contributed by atoms with E-state index in [4.69, 9.17) is 0 Å². The zero-order valence-corrected chi connectivity index (χ0v) is 11.5. The maximum absolute atomic E-state index is 12.6. The van der Waals surface area contributed by atoms with Gasteiger partial charge >= 0.3 is 5.97 Å². The predicted octanol–water partition coefficient (Wildman–Crippen LogP) is -0.0148. The van der Waals surface area contributed by atoms with E-state index < -0.39 is 29.7 Å². The van der Waals surface area contributed by atoms with E-state index in [9.17, 15) is 14.4 Å². The van der Waals surface area contributed by atoms with Gasteiger partial charge in [0, 0.05) is 0 Å². The smallest absolute Gasteiger partial charge is 0.355 e. The van der Waals surface area contributed by atoms with Gasteiger partial charge in [-0.25, -0.2) is 9.69 Å². The van der Waals surface area contributed by atoms with Crippen LogP contribution >= 0.6 is 0 Å². The molecule has 0 saturated carbocycles. The number of anilines is 1. The van der Waals surface area contributed by atoms with Crippen LogP contribution in [-0.2, 0) is 19.1 Å². The van der Waals surface area contributed by atoms with Crippen molar-refractivity contribution < 1.29 is 19.1 Å². The number of methoxy groups -OCH3 is 1. The predicted molar refractivity (Wildman–Crippen MR) is 73.5 cm³/mol. The van der Waals surface area contributed by atoms with Gasteiger partial charge in [0.15, 0.2) is 5.71 Å². The van der Waals surface area contributed by atoms with Gasteiger partial charge < -0.3 is 4.74 Å². The highest BCUT2D eigenvalue weighted by Gasteiger charge is 2.55. The quantitative estimate of drug-likeness (QED) is 0.610. The average Bonchev–Trinajstić information content (AvgIpc) is 3.01. The zero-order chi connectivity index (χ0) is 15.1. The summed E-state index contributed by atoms with van der Waals surface area (Å²) in [7, 11) is 1.21. The van der Waals surface area contributed by atoms with Crippen molar-refractivity contribution in [3.8, 4) is 0 Å². The molecule has 1 saturated heterocycles. The summed E-state index contributed by atoms with van der Waals surface area (Å²) in [5.74, 6) is -2.51. The van der Waals surface area contributed by atoms with Crippen LogP contribution in [0.4, 0.5) is 5.69 Å². The molecule has 1 fully saturated rings. The number of nitrogens with one attached hydrogen (secondary N) is 1. The van der Waals surface area contributed by atoms with Crippen molar-refractivity contribution in [3.63, 3.8) is 0 Å². The Morgan fingerprint density at radius 2 is 2.00 bits per heavy atom. The van der Waals surface area contributed by atoms with Gasteiger partial charge in [0.2, 0.25) is 5.91 Å². The third-order valence-corrected chi connectivity index (χ3v) is 3.68. The Labute approximate surface area is 120 Å². The molecule has 108 valence electrons. The number of nitrogens with zero attached hydrogens (tertiary/aromatic N) is 2. The molecule has 1 N–H and O–H groups in total. The SMILES string of the molecule is COC(=O)C1=NN[C@H]2C(=O)N(c3ccccc3C)C(=O)[C@H]12. The maximum atomic E-state index is 12.6. The first-order valence-electron chi connectivity index (χ1n) is 6.41. The number of hydrogen-bond acceptors (Lipinski definition) is 6. The number of fused-ring (bicyclic) bond motifs is 1. The molecular weight excluding hydrogens is 274 g/mol. The van der Waals surface area contributed by atoms with Crippen molar-refractivity contribution in [1.29, 1.82) is 0 Å². The zero-order valence-electron chi connectivity index (χ0n) is 11.5. The van der Waals surface area contributed by atoms with Crippen LogP contribution in [0.15, 0.2) is 29.4 Å². The fourth-order valence-electron chi connectivity index (χ4n) is 2.61. The maximum Gasteiger partial charge on any atom is 0.355 e. The van der Waals surface area contributed by atoms with E-state index in [0.29, 0.717) is 5.69 Å². The van der Waals surface area contributed by atoms with Gasteiger partial charge in [0.1, 0.15) is 12.0 Å². The fraction of sp³-hybridized carbons (Fsp3) is 0.286. The highest BCUT2D eigenvalue weighted by Crippen LogP contribution is 2.32. The van der Waals surface area contributed by atoms with Crippen molar-refractivity contribution in [2.75, 3.05) is 12.0 Å². The van der Waals surface area contributed by atoms with Crippen LogP contribution in [0.5, 0.6) is 0 Å². The Hall–Kier alpha value is -2.70. The van der Waals surface area contributed by atoms with Crippen molar-refractivity contribution in [2.24, 2.45) is 11.0 Å². The van der Waals surface area contributed by atoms with Crippen LogP contribution in [0, 0.1) is 12.8 Å². The molecule has 2 aliphatic rings. The molecule has 7 heteroatoms. The summed E-state index contributed by atoms with van der Waals surface area (Å²) in [6.07, 6.45) is 0. The standard InChI is InChI=1S/C14H13N3O4/c1-7-5-3-4-6-8(7)17-12(18)9-10(13(17)19)15-16-11(9)14(20)21-2/h3-6,9-10,15H,1-2H3/t9-,10+/m0/s1. The van der Waals surface area contributed by atoms with Crippen LogP contribution in [0.1, 0.15) is 5.56 Å². The number of carbonyl (C=O) groups excluding carboxylic acids is 3. The second kappa shape index (κ2) is 4.69. The minimum absolute atomic E-state index is 0.0584. The Bertz CT molecular complexity index is 683. The number of imide groups is 1. The van der Waals surface area contributed by atoms with Crippen LogP contribution in [-0.4, -0.2) is 36.6 Å². The summed E-state index contributed by atoms with van der Waals surface area (Å²) in [5.41, 5.74) is 3.82. The lowest BCUT2D eigenvalue weighted by Crippen LogP contribution is -2.36. The summed E-state index contributed by atoms with van der Waals surface area (Å²) < 4.78 is 4.60.